The van der Waals surface area contributed by atoms with Gasteiger partial charge < -0.3 is 0 Å². The van der Waals surface area contributed by atoms with Gasteiger partial charge in [-0.1, -0.05) is 19.1 Å². The van der Waals surface area contributed by atoms with Crippen molar-refractivity contribution in [2.24, 2.45) is 17.8 Å². The summed E-state index contributed by atoms with van der Waals surface area (Å²) in [4.78, 5) is 35.9. The Morgan fingerprint density at radius 2 is 2.05 bits per heavy atom. The number of hydrogen-bond donors (Lipinski definition) is 0. The van der Waals surface area contributed by atoms with Crippen molar-refractivity contribution in [3.8, 4) is 0 Å². The summed E-state index contributed by atoms with van der Waals surface area (Å²) in [6.07, 6.45) is 4.23. The Bertz CT molecular complexity index is 715. The van der Waals surface area contributed by atoms with Crippen LogP contribution in [0.3, 0.4) is 0 Å². The van der Waals surface area contributed by atoms with Gasteiger partial charge in [0.1, 0.15) is 0 Å². The van der Waals surface area contributed by atoms with Gasteiger partial charge in [-0.05, 0) is 24.5 Å². The lowest BCUT2D eigenvalue weighted by molar-refractivity contribution is -0.387. The Balaban J connectivity index is 2.03. The molecule has 1 fully saturated rings. The molecule has 1 aliphatic carbocycles. The molecule has 3 atom stereocenters. The third-order valence-corrected chi connectivity index (χ3v) is 4.26. The molecule has 0 spiro atoms. The van der Waals surface area contributed by atoms with Crippen molar-refractivity contribution in [2.75, 3.05) is 4.90 Å². The Hall–Kier alpha value is -2.57. The Labute approximate surface area is 125 Å². The minimum atomic E-state index is -1.000. The molecular weight excluding hydrogens is 291 g/mol. The van der Waals surface area contributed by atoms with Gasteiger partial charge in [-0.15, -0.1) is 0 Å². The number of amides is 2. The van der Waals surface area contributed by atoms with Crippen molar-refractivity contribution >= 4 is 23.2 Å². The average Bonchev–Trinajstić information content (AvgIpc) is 2.73. The highest BCUT2D eigenvalue weighted by Gasteiger charge is 2.50. The van der Waals surface area contributed by atoms with Crippen LogP contribution in [0.25, 0.3) is 0 Å². The lowest BCUT2D eigenvalue weighted by Gasteiger charge is -2.22. The third-order valence-electron chi connectivity index (χ3n) is 4.26. The average molecular weight is 304 g/mol. The number of nitrogens with zero attached hydrogens (tertiary/aromatic N) is 2. The second-order valence-corrected chi connectivity index (χ2v) is 5.56. The molecule has 0 aromatic heterocycles. The number of nitro benzene ring substituents is 1. The van der Waals surface area contributed by atoms with Crippen molar-refractivity contribution in [3.63, 3.8) is 0 Å². The quantitative estimate of drug-likeness (QED) is 0.364. The maximum Gasteiger partial charge on any atom is 0.306 e. The fourth-order valence-electron chi connectivity index (χ4n) is 3.18. The minimum Gasteiger partial charge on any atom is -0.274 e. The Morgan fingerprint density at radius 1 is 1.32 bits per heavy atom. The van der Waals surface area contributed by atoms with Crippen LogP contribution in [0.5, 0.6) is 0 Å². The summed E-state index contributed by atoms with van der Waals surface area (Å²) >= 11 is 0. The van der Waals surface area contributed by atoms with E-state index in [1.165, 1.54) is 6.07 Å². The molecule has 1 aromatic rings. The van der Waals surface area contributed by atoms with Crippen molar-refractivity contribution in [1.82, 2.24) is 0 Å². The van der Waals surface area contributed by atoms with Gasteiger partial charge in [0.05, 0.1) is 22.4 Å². The molecular formula is C15H13FN2O4. The van der Waals surface area contributed by atoms with Crippen molar-refractivity contribution in [3.05, 3.63) is 46.3 Å². The first-order valence-electron chi connectivity index (χ1n) is 6.90. The monoisotopic (exact) mass is 304 g/mol. The molecule has 2 aliphatic rings. The fourth-order valence-corrected chi connectivity index (χ4v) is 3.18. The van der Waals surface area contributed by atoms with Gasteiger partial charge in [0.15, 0.2) is 0 Å². The number of allylic oxidation sites excluding steroid dienone is 2. The van der Waals surface area contributed by atoms with Crippen LogP contribution in [0.2, 0.25) is 0 Å². The Kier molecular flexibility index (Phi) is 3.27. The van der Waals surface area contributed by atoms with E-state index in [1.54, 1.807) is 0 Å². The summed E-state index contributed by atoms with van der Waals surface area (Å²) in [5.74, 6) is -2.74. The number of halogens is 1. The maximum absolute atomic E-state index is 13.4. The first-order chi connectivity index (χ1) is 10.4. The van der Waals surface area contributed by atoms with Crippen molar-refractivity contribution in [1.29, 1.82) is 0 Å². The van der Waals surface area contributed by atoms with Gasteiger partial charge >= 0.3 is 5.69 Å². The number of benzene rings is 1. The summed E-state index contributed by atoms with van der Waals surface area (Å²) in [5, 5.41) is 10.8. The van der Waals surface area contributed by atoms with Crippen LogP contribution in [0, 0.1) is 33.7 Å². The standard InChI is InChI=1S/C15H13FN2O4/c1-8-3-2-4-10-13(8)15(20)17(14(10)19)9-5-6-11(16)12(7-9)18(21)22/h2-3,5-8,10,13H,4H2,1H3. The SMILES string of the molecule is CC1C=CCC2C(=O)N(c3ccc(F)c([N+](=O)[O-])c3)C(=O)C12. The van der Waals surface area contributed by atoms with E-state index < -0.39 is 28.3 Å². The number of imide groups is 1. The first-order valence-corrected chi connectivity index (χ1v) is 6.90. The summed E-state index contributed by atoms with van der Waals surface area (Å²) < 4.78 is 13.4. The number of fused-ring (bicyclic) bond motifs is 1. The highest BCUT2D eigenvalue weighted by Crippen LogP contribution is 2.41. The van der Waals surface area contributed by atoms with Crippen LogP contribution < -0.4 is 4.90 Å². The summed E-state index contributed by atoms with van der Waals surface area (Å²) in [5.41, 5.74) is -0.705. The molecule has 2 amide bonds. The minimum absolute atomic E-state index is 0.0460. The highest BCUT2D eigenvalue weighted by molar-refractivity contribution is 6.22. The summed E-state index contributed by atoms with van der Waals surface area (Å²) in [6.45, 7) is 1.86. The number of anilines is 1. The van der Waals surface area contributed by atoms with E-state index >= 15 is 0 Å². The maximum atomic E-state index is 13.4. The second kappa shape index (κ2) is 5.01. The van der Waals surface area contributed by atoms with E-state index in [-0.39, 0.29) is 23.4 Å². The third kappa shape index (κ3) is 2.01. The van der Waals surface area contributed by atoms with Gasteiger partial charge in [0.2, 0.25) is 17.6 Å². The van der Waals surface area contributed by atoms with Crippen LogP contribution in [-0.4, -0.2) is 16.7 Å². The largest absolute Gasteiger partial charge is 0.306 e. The van der Waals surface area contributed by atoms with Crippen LogP contribution in [-0.2, 0) is 9.59 Å². The molecule has 3 rings (SSSR count). The molecule has 7 heteroatoms. The number of rotatable bonds is 2. The van der Waals surface area contributed by atoms with Gasteiger partial charge in [-0.2, -0.15) is 4.39 Å². The first kappa shape index (κ1) is 14.4. The van der Waals surface area contributed by atoms with E-state index in [4.69, 9.17) is 0 Å². The van der Waals surface area contributed by atoms with Crippen LogP contribution in [0.1, 0.15) is 13.3 Å². The molecule has 114 valence electrons. The lowest BCUT2D eigenvalue weighted by atomic mass is 9.78. The van der Waals surface area contributed by atoms with E-state index in [2.05, 4.69) is 0 Å². The fraction of sp³-hybridized carbons (Fsp3) is 0.333. The zero-order valence-corrected chi connectivity index (χ0v) is 11.7. The molecule has 1 heterocycles. The van der Waals surface area contributed by atoms with Crippen LogP contribution >= 0.6 is 0 Å². The van der Waals surface area contributed by atoms with E-state index in [1.807, 2.05) is 19.1 Å². The predicted octanol–water partition coefficient (Wildman–Crippen LogP) is 2.44. The van der Waals surface area contributed by atoms with Gasteiger partial charge in [-0.3, -0.25) is 19.7 Å². The van der Waals surface area contributed by atoms with Gasteiger partial charge in [0, 0.05) is 6.07 Å². The topological polar surface area (TPSA) is 80.5 Å². The molecule has 6 nitrogen and oxygen atoms in total. The molecule has 1 saturated heterocycles. The zero-order chi connectivity index (χ0) is 16.0. The number of hydrogen-bond acceptors (Lipinski definition) is 4. The number of nitro groups is 1. The van der Waals surface area contributed by atoms with Crippen LogP contribution in [0.4, 0.5) is 15.8 Å². The van der Waals surface area contributed by atoms with Crippen molar-refractivity contribution in [2.45, 2.75) is 13.3 Å². The molecule has 0 radical (unpaired) electrons. The lowest BCUT2D eigenvalue weighted by Crippen LogP contribution is -2.31. The number of carbonyl (C=O) groups is 2. The van der Waals surface area contributed by atoms with Crippen molar-refractivity contribution < 1.29 is 18.9 Å². The van der Waals surface area contributed by atoms with E-state index in [0.717, 1.165) is 17.0 Å². The molecule has 0 saturated carbocycles. The normalized spacial score (nSPS) is 27.2. The smallest absolute Gasteiger partial charge is 0.274 e. The van der Waals surface area contributed by atoms with Gasteiger partial charge in [0.25, 0.3) is 0 Å². The highest BCUT2D eigenvalue weighted by atomic mass is 19.1. The summed E-state index contributed by atoms with van der Waals surface area (Å²) in [7, 11) is 0. The molecule has 3 unspecified atom stereocenters. The second-order valence-electron chi connectivity index (χ2n) is 5.56. The van der Waals surface area contributed by atoms with E-state index in [0.29, 0.717) is 6.42 Å². The number of carbonyl (C=O) groups excluding carboxylic acids is 2. The van der Waals surface area contributed by atoms with Crippen LogP contribution in [0.15, 0.2) is 30.4 Å². The molecule has 22 heavy (non-hydrogen) atoms. The molecule has 0 bridgehead atoms. The summed E-state index contributed by atoms with van der Waals surface area (Å²) in [6, 6.07) is 3.05. The molecule has 1 aromatic carbocycles. The molecule has 1 aliphatic heterocycles. The van der Waals surface area contributed by atoms with Gasteiger partial charge in [-0.25, -0.2) is 4.90 Å². The Morgan fingerprint density at radius 3 is 2.68 bits per heavy atom. The predicted molar refractivity (Wildman–Crippen MR) is 75.4 cm³/mol. The van der Waals surface area contributed by atoms with E-state index in [9.17, 15) is 24.1 Å². The zero-order valence-electron chi connectivity index (χ0n) is 11.7. The molecule has 0 N–H and O–H groups in total.